The Balaban J connectivity index is 2.03. The summed E-state index contributed by atoms with van der Waals surface area (Å²) in [6, 6.07) is 2.02. The van der Waals surface area contributed by atoms with E-state index in [2.05, 4.69) is 22.2 Å². The molecule has 0 saturated carbocycles. The van der Waals surface area contributed by atoms with Gasteiger partial charge in [0.05, 0.1) is 11.6 Å². The highest BCUT2D eigenvalue weighted by molar-refractivity contribution is 5.70. The molecule has 2 aromatic heterocycles. The van der Waals surface area contributed by atoms with Crippen LogP contribution < -0.4 is 0 Å². The summed E-state index contributed by atoms with van der Waals surface area (Å²) in [6.45, 7) is 5.28. The Labute approximate surface area is 122 Å². The minimum absolute atomic E-state index is 0.365. The molecule has 0 saturated heterocycles. The van der Waals surface area contributed by atoms with Crippen LogP contribution in [0.15, 0.2) is 6.07 Å². The Morgan fingerprint density at radius 1 is 1.43 bits per heavy atom. The molecule has 7 nitrogen and oxygen atoms in total. The number of hydrogen-bond acceptors (Lipinski definition) is 4. The van der Waals surface area contributed by atoms with Crippen molar-refractivity contribution in [3.63, 3.8) is 0 Å². The van der Waals surface area contributed by atoms with Gasteiger partial charge in [-0.2, -0.15) is 5.10 Å². The van der Waals surface area contributed by atoms with Gasteiger partial charge in [0.25, 0.3) is 0 Å². The van der Waals surface area contributed by atoms with Crippen molar-refractivity contribution in [2.75, 3.05) is 0 Å². The molecular formula is C14H19N5O2. The molecule has 1 aliphatic heterocycles. The lowest BCUT2D eigenvalue weighted by Crippen LogP contribution is -2.27. The summed E-state index contributed by atoms with van der Waals surface area (Å²) in [7, 11) is 0. The van der Waals surface area contributed by atoms with Crippen molar-refractivity contribution < 1.29 is 9.90 Å². The first-order valence-corrected chi connectivity index (χ1v) is 7.36. The van der Waals surface area contributed by atoms with Crippen molar-refractivity contribution in [3.8, 4) is 11.5 Å². The number of aromatic nitrogens is 5. The lowest BCUT2D eigenvalue weighted by Gasteiger charge is -2.21. The maximum Gasteiger partial charge on any atom is 0.308 e. The second-order valence-electron chi connectivity index (χ2n) is 5.31. The van der Waals surface area contributed by atoms with Gasteiger partial charge in [0.15, 0.2) is 5.82 Å². The maximum absolute atomic E-state index is 11.2. The van der Waals surface area contributed by atoms with Gasteiger partial charge in [-0.25, -0.2) is 0 Å². The van der Waals surface area contributed by atoms with Crippen molar-refractivity contribution in [3.05, 3.63) is 17.6 Å². The summed E-state index contributed by atoms with van der Waals surface area (Å²) >= 11 is 0. The van der Waals surface area contributed by atoms with Gasteiger partial charge >= 0.3 is 5.97 Å². The minimum Gasteiger partial charge on any atom is -0.481 e. The van der Waals surface area contributed by atoms with Crippen LogP contribution in [0.1, 0.15) is 31.8 Å². The molecule has 1 aliphatic rings. The number of rotatable bonds is 4. The van der Waals surface area contributed by atoms with Crippen molar-refractivity contribution >= 4 is 5.97 Å². The van der Waals surface area contributed by atoms with Crippen LogP contribution in [0, 0.1) is 5.92 Å². The first-order valence-electron chi connectivity index (χ1n) is 7.36. The van der Waals surface area contributed by atoms with Crippen LogP contribution in [-0.4, -0.2) is 35.6 Å². The van der Waals surface area contributed by atoms with Gasteiger partial charge in [-0.05, 0) is 25.8 Å². The molecule has 3 rings (SSSR count). The molecule has 0 bridgehead atoms. The standard InChI is InChI=1S/C14H19N5O2/c1-3-10-7-11(19(4-2)17-10)13-16-15-12-6-5-9(14(20)21)8-18(12)13/h7,9H,3-6,8H2,1-2H3,(H,20,21). The smallest absolute Gasteiger partial charge is 0.308 e. The lowest BCUT2D eigenvalue weighted by molar-refractivity contribution is -0.142. The molecule has 7 heteroatoms. The van der Waals surface area contributed by atoms with Gasteiger partial charge < -0.3 is 9.67 Å². The molecule has 21 heavy (non-hydrogen) atoms. The van der Waals surface area contributed by atoms with Crippen LogP contribution in [0.5, 0.6) is 0 Å². The van der Waals surface area contributed by atoms with Crippen molar-refractivity contribution in [1.29, 1.82) is 0 Å². The lowest BCUT2D eigenvalue weighted by atomic mass is 9.99. The van der Waals surface area contributed by atoms with Crippen LogP contribution in [0.3, 0.4) is 0 Å². The third-order valence-electron chi connectivity index (χ3n) is 4.02. The Morgan fingerprint density at radius 2 is 2.24 bits per heavy atom. The zero-order valence-corrected chi connectivity index (χ0v) is 12.3. The summed E-state index contributed by atoms with van der Waals surface area (Å²) in [5.74, 6) is 0.476. The van der Waals surface area contributed by atoms with E-state index in [0.717, 1.165) is 36.0 Å². The molecule has 112 valence electrons. The topological polar surface area (TPSA) is 85.8 Å². The highest BCUT2D eigenvalue weighted by atomic mass is 16.4. The van der Waals surface area contributed by atoms with Crippen molar-refractivity contribution in [1.82, 2.24) is 24.5 Å². The number of carboxylic acids is 1. The number of aryl methyl sites for hydroxylation is 3. The fourth-order valence-electron chi connectivity index (χ4n) is 2.78. The van der Waals surface area contributed by atoms with Crippen LogP contribution >= 0.6 is 0 Å². The van der Waals surface area contributed by atoms with Crippen LogP contribution in [0.4, 0.5) is 0 Å². The van der Waals surface area contributed by atoms with E-state index in [1.54, 1.807) is 0 Å². The normalized spacial score (nSPS) is 17.7. The maximum atomic E-state index is 11.2. The summed E-state index contributed by atoms with van der Waals surface area (Å²) in [5.41, 5.74) is 1.92. The molecule has 0 aromatic carbocycles. The summed E-state index contributed by atoms with van der Waals surface area (Å²) in [5, 5.41) is 22.3. The number of aliphatic carboxylic acids is 1. The number of fused-ring (bicyclic) bond motifs is 1. The van der Waals surface area contributed by atoms with Gasteiger partial charge in [-0.1, -0.05) is 6.92 Å². The number of hydrogen-bond donors (Lipinski definition) is 1. The quantitative estimate of drug-likeness (QED) is 0.918. The predicted molar refractivity (Wildman–Crippen MR) is 75.7 cm³/mol. The van der Waals surface area contributed by atoms with E-state index in [1.165, 1.54) is 0 Å². The zero-order valence-electron chi connectivity index (χ0n) is 12.3. The Hall–Kier alpha value is -2.18. The Morgan fingerprint density at radius 3 is 2.90 bits per heavy atom. The van der Waals surface area contributed by atoms with E-state index >= 15 is 0 Å². The average Bonchev–Trinajstić information content (AvgIpc) is 3.09. The minimum atomic E-state index is -0.751. The Kier molecular flexibility index (Phi) is 3.48. The molecule has 0 spiro atoms. The van der Waals surface area contributed by atoms with E-state index in [4.69, 9.17) is 0 Å². The zero-order chi connectivity index (χ0) is 15.0. The van der Waals surface area contributed by atoms with E-state index in [9.17, 15) is 9.90 Å². The second kappa shape index (κ2) is 5.31. The van der Waals surface area contributed by atoms with Crippen LogP contribution in [0.25, 0.3) is 11.5 Å². The first kappa shape index (κ1) is 13.8. The third kappa shape index (κ3) is 2.32. The fourth-order valence-corrected chi connectivity index (χ4v) is 2.78. The van der Waals surface area contributed by atoms with Gasteiger partial charge in [-0.3, -0.25) is 9.48 Å². The Bertz CT molecular complexity index is 673. The van der Waals surface area contributed by atoms with E-state index in [1.807, 2.05) is 22.2 Å². The molecule has 0 amide bonds. The van der Waals surface area contributed by atoms with Gasteiger partial charge in [-0.15, -0.1) is 10.2 Å². The molecule has 0 fully saturated rings. The van der Waals surface area contributed by atoms with Crippen LogP contribution in [-0.2, 0) is 30.7 Å². The molecule has 1 N–H and O–H groups in total. The third-order valence-corrected chi connectivity index (χ3v) is 4.02. The molecular weight excluding hydrogens is 270 g/mol. The summed E-state index contributed by atoms with van der Waals surface area (Å²) in [6.07, 6.45) is 2.14. The number of carbonyl (C=O) groups is 1. The predicted octanol–water partition coefficient (Wildman–Crippen LogP) is 1.37. The van der Waals surface area contributed by atoms with Gasteiger partial charge in [0.2, 0.25) is 0 Å². The molecule has 2 aromatic rings. The summed E-state index contributed by atoms with van der Waals surface area (Å²) < 4.78 is 3.84. The average molecular weight is 289 g/mol. The first-order chi connectivity index (χ1) is 10.1. The highest BCUT2D eigenvalue weighted by Gasteiger charge is 2.28. The fraction of sp³-hybridized carbons (Fsp3) is 0.571. The molecule has 3 heterocycles. The van der Waals surface area contributed by atoms with E-state index < -0.39 is 5.97 Å². The number of nitrogens with zero attached hydrogens (tertiary/aromatic N) is 5. The highest BCUT2D eigenvalue weighted by Crippen LogP contribution is 2.26. The second-order valence-corrected chi connectivity index (χ2v) is 5.31. The number of carboxylic acid groups (broad SMARTS) is 1. The van der Waals surface area contributed by atoms with Gasteiger partial charge in [0, 0.05) is 19.5 Å². The summed E-state index contributed by atoms with van der Waals surface area (Å²) in [4.78, 5) is 11.2. The van der Waals surface area contributed by atoms with Crippen LogP contribution in [0.2, 0.25) is 0 Å². The van der Waals surface area contributed by atoms with Crippen molar-refractivity contribution in [2.24, 2.45) is 5.92 Å². The van der Waals surface area contributed by atoms with Gasteiger partial charge in [0.1, 0.15) is 11.5 Å². The largest absolute Gasteiger partial charge is 0.481 e. The van der Waals surface area contributed by atoms with Crippen molar-refractivity contribution in [2.45, 2.75) is 46.2 Å². The van der Waals surface area contributed by atoms with E-state index in [0.29, 0.717) is 19.4 Å². The molecule has 1 unspecified atom stereocenters. The monoisotopic (exact) mass is 289 g/mol. The molecule has 0 aliphatic carbocycles. The molecule has 1 atom stereocenters. The SMILES string of the molecule is CCc1cc(-c2nnc3n2CC(C(=O)O)CC3)n(CC)n1. The van der Waals surface area contributed by atoms with E-state index in [-0.39, 0.29) is 5.92 Å². The molecule has 0 radical (unpaired) electrons.